The number of aryl methyl sites for hydroxylation is 1. The third-order valence-electron chi connectivity index (χ3n) is 7.21. The molecule has 4 rings (SSSR count). The molecule has 0 fully saturated rings. The van der Waals surface area contributed by atoms with E-state index in [0.717, 1.165) is 34.2 Å². The number of aromatic nitrogens is 1. The van der Waals surface area contributed by atoms with Gasteiger partial charge in [-0.05, 0) is 66.9 Å². The van der Waals surface area contributed by atoms with Crippen molar-refractivity contribution in [1.29, 1.82) is 0 Å². The van der Waals surface area contributed by atoms with E-state index in [-0.39, 0.29) is 23.0 Å². The minimum atomic E-state index is -0.564. The monoisotopic (exact) mass is 423 g/mol. The molecule has 1 heterocycles. The largest absolute Gasteiger partial charge is 0.256 e. The van der Waals surface area contributed by atoms with Crippen molar-refractivity contribution in [3.63, 3.8) is 0 Å². The van der Waals surface area contributed by atoms with Crippen LogP contribution in [0.2, 0.25) is 0 Å². The van der Waals surface area contributed by atoms with Crippen molar-refractivity contribution in [3.05, 3.63) is 70.6 Å². The van der Waals surface area contributed by atoms with E-state index in [1.807, 2.05) is 26.8 Å². The maximum atomic E-state index is 15.4. The topological polar surface area (TPSA) is 12.9 Å². The minimum absolute atomic E-state index is 0.0908. The molecule has 0 bridgehead atoms. The molecule has 0 amide bonds. The maximum Gasteiger partial charge on any atom is 0.134 e. The van der Waals surface area contributed by atoms with E-state index in [0.29, 0.717) is 17.4 Å². The van der Waals surface area contributed by atoms with E-state index >= 15 is 8.78 Å². The van der Waals surface area contributed by atoms with Crippen molar-refractivity contribution in [2.75, 3.05) is 0 Å². The van der Waals surface area contributed by atoms with Crippen LogP contribution in [-0.4, -0.2) is 4.98 Å². The lowest BCUT2D eigenvalue weighted by molar-refractivity contribution is 0.299. The number of benzene rings is 1. The summed E-state index contributed by atoms with van der Waals surface area (Å²) in [6.07, 6.45) is 9.27. The van der Waals surface area contributed by atoms with Gasteiger partial charge in [0.1, 0.15) is 11.6 Å². The molecule has 31 heavy (non-hydrogen) atoms. The smallest absolute Gasteiger partial charge is 0.134 e. The van der Waals surface area contributed by atoms with Crippen LogP contribution in [0, 0.1) is 24.1 Å². The second-order valence-corrected chi connectivity index (χ2v) is 9.25. The summed E-state index contributed by atoms with van der Waals surface area (Å²) in [6, 6.07) is 3.63. The Morgan fingerprint density at radius 1 is 1.26 bits per heavy atom. The van der Waals surface area contributed by atoms with E-state index < -0.39 is 5.41 Å². The van der Waals surface area contributed by atoms with E-state index in [1.54, 1.807) is 25.3 Å². The van der Waals surface area contributed by atoms with Gasteiger partial charge in [-0.1, -0.05) is 59.8 Å². The standard InChI is InChI=1S/C26H29F2N.C2H6/c1-7-12-26(6,8-2)17-9-10-19(27)22-21(17)24-20-16(11-13-29-24)23(28)15(3)14-18(20)25(22,4)5;1-2/h7,10-14,17H,8-9H2,1-6H3;1-2H3. The quantitative estimate of drug-likeness (QED) is 0.450. The third-order valence-corrected chi connectivity index (χ3v) is 7.21. The number of allylic oxidation sites excluding steroid dienone is 6. The Morgan fingerprint density at radius 3 is 2.55 bits per heavy atom. The molecule has 0 spiro atoms. The van der Waals surface area contributed by atoms with Crippen LogP contribution in [0.1, 0.15) is 78.1 Å². The van der Waals surface area contributed by atoms with Crippen molar-refractivity contribution >= 4 is 16.3 Å². The van der Waals surface area contributed by atoms with Gasteiger partial charge >= 0.3 is 0 Å². The number of nitrogens with zero attached hydrogens (tertiary/aromatic N) is 1. The van der Waals surface area contributed by atoms with Crippen LogP contribution in [0.15, 0.2) is 48.0 Å². The molecule has 2 unspecified atom stereocenters. The average Bonchev–Trinajstić information content (AvgIpc) is 2.76. The predicted molar refractivity (Wildman–Crippen MR) is 128 cm³/mol. The second kappa shape index (κ2) is 8.33. The fraction of sp³-hybridized carbons (Fsp3) is 0.464. The average molecular weight is 424 g/mol. The molecule has 0 radical (unpaired) electrons. The van der Waals surface area contributed by atoms with Crippen LogP contribution in [0.4, 0.5) is 8.78 Å². The summed E-state index contributed by atoms with van der Waals surface area (Å²) in [5.74, 6) is -0.276. The molecule has 166 valence electrons. The Morgan fingerprint density at radius 2 is 1.94 bits per heavy atom. The zero-order chi connectivity index (χ0) is 23.1. The first-order chi connectivity index (χ1) is 14.7. The highest BCUT2D eigenvalue weighted by molar-refractivity contribution is 6.01. The molecule has 2 aliphatic rings. The summed E-state index contributed by atoms with van der Waals surface area (Å²) >= 11 is 0. The molecular formula is C28H35F2N. The first-order valence-electron chi connectivity index (χ1n) is 11.5. The van der Waals surface area contributed by atoms with Crippen molar-refractivity contribution in [2.24, 2.45) is 11.3 Å². The molecule has 2 aromatic rings. The molecule has 2 atom stereocenters. The van der Waals surface area contributed by atoms with Gasteiger partial charge in [0.25, 0.3) is 0 Å². The van der Waals surface area contributed by atoms with Gasteiger partial charge in [0.2, 0.25) is 0 Å². The SMILES string of the molecule is CC.CC=CC(C)(CC)C1CC=C(F)C2=C1c1nccc3c(F)c(C)cc(c13)C2(C)C. The zero-order valence-corrected chi connectivity index (χ0v) is 20.2. The summed E-state index contributed by atoms with van der Waals surface area (Å²) in [7, 11) is 0. The van der Waals surface area contributed by atoms with Crippen molar-refractivity contribution in [3.8, 4) is 0 Å². The lowest BCUT2D eigenvalue weighted by Gasteiger charge is -2.45. The first kappa shape index (κ1) is 23.4. The Kier molecular flexibility index (Phi) is 6.28. The normalized spacial score (nSPS) is 21.4. The summed E-state index contributed by atoms with van der Waals surface area (Å²) in [6.45, 7) is 16.3. The van der Waals surface area contributed by atoms with Gasteiger partial charge in [0, 0.05) is 28.0 Å². The van der Waals surface area contributed by atoms with Crippen LogP contribution in [0.25, 0.3) is 16.3 Å². The molecule has 2 aliphatic carbocycles. The van der Waals surface area contributed by atoms with Crippen molar-refractivity contribution in [2.45, 2.75) is 73.6 Å². The number of fused-ring (bicyclic) bond motifs is 1. The Bertz CT molecular complexity index is 1100. The van der Waals surface area contributed by atoms with E-state index in [2.05, 4.69) is 39.8 Å². The molecule has 0 saturated carbocycles. The van der Waals surface area contributed by atoms with Crippen LogP contribution >= 0.6 is 0 Å². The van der Waals surface area contributed by atoms with E-state index in [4.69, 9.17) is 4.98 Å². The lowest BCUT2D eigenvalue weighted by Crippen LogP contribution is -2.35. The van der Waals surface area contributed by atoms with Crippen LogP contribution < -0.4 is 0 Å². The molecule has 1 nitrogen and oxygen atoms in total. The molecular weight excluding hydrogens is 388 g/mol. The number of halogens is 2. The molecule has 1 aromatic carbocycles. The number of hydrogen-bond donors (Lipinski definition) is 0. The molecule has 0 saturated heterocycles. The van der Waals surface area contributed by atoms with Gasteiger partial charge in [-0.25, -0.2) is 8.78 Å². The number of pyridine rings is 1. The van der Waals surface area contributed by atoms with Gasteiger partial charge in [0.15, 0.2) is 0 Å². The van der Waals surface area contributed by atoms with Gasteiger partial charge in [-0.15, -0.1) is 0 Å². The predicted octanol–water partition coefficient (Wildman–Crippen LogP) is 8.62. The molecule has 3 heteroatoms. The molecule has 0 aliphatic heterocycles. The highest BCUT2D eigenvalue weighted by Gasteiger charge is 2.46. The highest BCUT2D eigenvalue weighted by Crippen LogP contribution is 2.57. The first-order valence-corrected chi connectivity index (χ1v) is 11.5. The van der Waals surface area contributed by atoms with E-state index in [9.17, 15) is 0 Å². The lowest BCUT2D eigenvalue weighted by atomic mass is 9.59. The summed E-state index contributed by atoms with van der Waals surface area (Å²) < 4.78 is 30.5. The fourth-order valence-corrected chi connectivity index (χ4v) is 5.44. The van der Waals surface area contributed by atoms with Crippen LogP contribution in [0.5, 0.6) is 0 Å². The van der Waals surface area contributed by atoms with Crippen molar-refractivity contribution < 1.29 is 8.78 Å². The van der Waals surface area contributed by atoms with Crippen LogP contribution in [-0.2, 0) is 5.41 Å². The Labute approximate surface area is 186 Å². The van der Waals surface area contributed by atoms with Crippen molar-refractivity contribution in [1.82, 2.24) is 4.98 Å². The zero-order valence-electron chi connectivity index (χ0n) is 20.2. The highest BCUT2D eigenvalue weighted by atomic mass is 19.1. The summed E-state index contributed by atoms with van der Waals surface area (Å²) in [5.41, 5.74) is 3.28. The van der Waals surface area contributed by atoms with Gasteiger partial charge in [-0.2, -0.15) is 0 Å². The molecule has 0 N–H and O–H groups in total. The number of hydrogen-bond acceptors (Lipinski definition) is 1. The van der Waals surface area contributed by atoms with Crippen LogP contribution in [0.3, 0.4) is 0 Å². The minimum Gasteiger partial charge on any atom is -0.256 e. The number of rotatable bonds is 3. The Hall–Kier alpha value is -2.29. The maximum absolute atomic E-state index is 15.4. The summed E-state index contributed by atoms with van der Waals surface area (Å²) in [4.78, 5) is 4.71. The van der Waals surface area contributed by atoms with Gasteiger partial charge < -0.3 is 0 Å². The third kappa shape index (κ3) is 3.37. The Balaban J connectivity index is 0.00000132. The molecule has 1 aromatic heterocycles. The van der Waals surface area contributed by atoms with Gasteiger partial charge in [0.05, 0.1) is 5.69 Å². The fourth-order valence-electron chi connectivity index (χ4n) is 5.44. The van der Waals surface area contributed by atoms with E-state index in [1.165, 1.54) is 0 Å². The summed E-state index contributed by atoms with van der Waals surface area (Å²) in [5, 5.41) is 1.43. The van der Waals surface area contributed by atoms with Gasteiger partial charge in [-0.3, -0.25) is 4.98 Å². The second-order valence-electron chi connectivity index (χ2n) is 9.25.